The van der Waals surface area contributed by atoms with Crippen LogP contribution in [-0.2, 0) is 30.7 Å². The van der Waals surface area contributed by atoms with Crippen molar-refractivity contribution in [2.75, 3.05) is 6.54 Å². The number of aromatic nitrogens is 2. The zero-order chi connectivity index (χ0) is 23.2. The zero-order valence-corrected chi connectivity index (χ0v) is 19.4. The summed E-state index contributed by atoms with van der Waals surface area (Å²) in [5.41, 5.74) is 6.94. The van der Waals surface area contributed by atoms with Gasteiger partial charge >= 0.3 is 0 Å². The molecule has 0 bridgehead atoms. The Hall–Kier alpha value is -3.42. The van der Waals surface area contributed by atoms with Crippen molar-refractivity contribution in [3.8, 4) is 16.9 Å². The fourth-order valence-corrected chi connectivity index (χ4v) is 5.09. The van der Waals surface area contributed by atoms with Crippen LogP contribution < -0.4 is 15.4 Å². The normalized spacial score (nSPS) is 16.7. The lowest BCUT2D eigenvalue weighted by molar-refractivity contribution is -0.119. The molecule has 0 spiro atoms. The molecule has 0 aliphatic carbocycles. The number of fused-ring (bicyclic) bond motifs is 3. The Morgan fingerprint density at radius 1 is 1.24 bits per heavy atom. The molecule has 1 amide bonds. The molecule has 2 aliphatic rings. The number of nitrogens with zero attached hydrogens (tertiary/aromatic N) is 2. The predicted molar refractivity (Wildman–Crippen MR) is 129 cm³/mol. The van der Waals surface area contributed by atoms with Gasteiger partial charge in [0.05, 0.1) is 11.2 Å². The number of carbonyl (C=O) groups is 1. The van der Waals surface area contributed by atoms with E-state index in [1.807, 2.05) is 36.4 Å². The second-order valence-electron chi connectivity index (χ2n) is 8.77. The number of amides is 1. The van der Waals surface area contributed by atoms with E-state index >= 15 is 0 Å². The lowest BCUT2D eigenvalue weighted by Gasteiger charge is -2.15. The van der Waals surface area contributed by atoms with Crippen LogP contribution >= 0.6 is 11.6 Å². The Labute approximate surface area is 201 Å². The van der Waals surface area contributed by atoms with Gasteiger partial charge in [0.2, 0.25) is 5.91 Å². The van der Waals surface area contributed by atoms with E-state index in [9.17, 15) is 4.79 Å². The van der Waals surface area contributed by atoms with Gasteiger partial charge < -0.3 is 19.9 Å². The van der Waals surface area contributed by atoms with Gasteiger partial charge in [-0.25, -0.2) is 0 Å². The van der Waals surface area contributed by atoms with E-state index in [4.69, 9.17) is 20.9 Å². The van der Waals surface area contributed by atoms with Crippen LogP contribution in [0, 0.1) is 0 Å². The van der Waals surface area contributed by atoms with Crippen LogP contribution in [0.1, 0.15) is 41.2 Å². The van der Waals surface area contributed by atoms with E-state index in [1.54, 1.807) is 6.20 Å². The minimum absolute atomic E-state index is 0.0631. The molecule has 0 saturated heterocycles. The standard InChI is InChI=1S/C26H23ClN4O3/c1-14(32)30-12-15-2-3-19-18(4-7-29-23(19)8-15)20-11-17(27)9-16-10-24(33-25(16)20)26-21-13-28-6-5-22(21)31-34-26/h2-4,7-9,11,24,28H,5-6,10,12-13H2,1H3,(H,30,32). The highest BCUT2D eigenvalue weighted by Gasteiger charge is 2.34. The molecule has 0 radical (unpaired) electrons. The van der Waals surface area contributed by atoms with E-state index in [-0.39, 0.29) is 12.0 Å². The van der Waals surface area contributed by atoms with Crippen LogP contribution in [0.25, 0.3) is 22.0 Å². The number of carbonyl (C=O) groups excluding carboxylic acids is 1. The van der Waals surface area contributed by atoms with Crippen LogP contribution in [0.4, 0.5) is 0 Å². The molecule has 0 saturated carbocycles. The average molecular weight is 475 g/mol. The first-order chi connectivity index (χ1) is 16.6. The monoisotopic (exact) mass is 474 g/mol. The third kappa shape index (κ3) is 3.71. The molecule has 7 nitrogen and oxygen atoms in total. The largest absolute Gasteiger partial charge is 0.481 e. The van der Waals surface area contributed by atoms with E-state index in [2.05, 4.69) is 20.8 Å². The van der Waals surface area contributed by atoms with Gasteiger partial charge in [-0.15, -0.1) is 0 Å². The number of nitrogens with one attached hydrogen (secondary N) is 2. The first-order valence-corrected chi connectivity index (χ1v) is 11.7. The molecular weight excluding hydrogens is 452 g/mol. The number of hydrogen-bond donors (Lipinski definition) is 2. The predicted octanol–water partition coefficient (Wildman–Crippen LogP) is 4.50. The summed E-state index contributed by atoms with van der Waals surface area (Å²) in [6.45, 7) is 3.63. The van der Waals surface area contributed by atoms with Crippen LogP contribution in [0.3, 0.4) is 0 Å². The lowest BCUT2D eigenvalue weighted by atomic mass is 9.96. The Morgan fingerprint density at radius 3 is 3.03 bits per heavy atom. The molecule has 2 aliphatic heterocycles. The van der Waals surface area contributed by atoms with Gasteiger partial charge in [0.15, 0.2) is 11.9 Å². The summed E-state index contributed by atoms with van der Waals surface area (Å²) in [5.74, 6) is 1.55. The second kappa shape index (κ2) is 8.42. The molecule has 34 heavy (non-hydrogen) atoms. The molecule has 6 rings (SSSR count). The highest BCUT2D eigenvalue weighted by atomic mass is 35.5. The highest BCUT2D eigenvalue weighted by Crippen LogP contribution is 2.47. The topological polar surface area (TPSA) is 89.3 Å². The number of hydrogen-bond acceptors (Lipinski definition) is 6. The van der Waals surface area contributed by atoms with Gasteiger partial charge in [0, 0.05) is 72.7 Å². The Bertz CT molecular complexity index is 1430. The quantitative estimate of drug-likeness (QED) is 0.452. The maximum Gasteiger partial charge on any atom is 0.217 e. The number of benzene rings is 2. The molecule has 2 N–H and O–H groups in total. The van der Waals surface area contributed by atoms with E-state index in [1.165, 1.54) is 6.92 Å². The van der Waals surface area contributed by atoms with Crippen LogP contribution in [0.2, 0.25) is 5.02 Å². The summed E-state index contributed by atoms with van der Waals surface area (Å²) in [7, 11) is 0. The molecule has 2 aromatic carbocycles. The first-order valence-electron chi connectivity index (χ1n) is 11.4. The minimum Gasteiger partial charge on any atom is -0.481 e. The van der Waals surface area contributed by atoms with Gasteiger partial charge in [-0.1, -0.05) is 28.9 Å². The average Bonchev–Trinajstić information content (AvgIpc) is 3.45. The third-order valence-corrected chi connectivity index (χ3v) is 6.69. The van der Waals surface area contributed by atoms with Gasteiger partial charge in [0.25, 0.3) is 0 Å². The van der Waals surface area contributed by atoms with E-state index < -0.39 is 0 Å². The number of rotatable bonds is 4. The van der Waals surface area contributed by atoms with Crippen molar-refractivity contribution in [3.63, 3.8) is 0 Å². The van der Waals surface area contributed by atoms with Crippen molar-refractivity contribution in [2.24, 2.45) is 0 Å². The van der Waals surface area contributed by atoms with Crippen molar-refractivity contribution in [1.82, 2.24) is 20.8 Å². The molecule has 0 fully saturated rings. The minimum atomic E-state index is -0.235. The summed E-state index contributed by atoms with van der Waals surface area (Å²) >= 11 is 6.56. The molecular formula is C26H23ClN4O3. The molecule has 4 aromatic rings. The van der Waals surface area contributed by atoms with Crippen molar-refractivity contribution in [2.45, 2.75) is 39.0 Å². The summed E-state index contributed by atoms with van der Waals surface area (Å²) in [6.07, 6.45) is 3.09. The van der Waals surface area contributed by atoms with Gasteiger partial charge in [-0.05, 0) is 35.4 Å². The number of halogens is 1. The molecule has 1 atom stereocenters. The van der Waals surface area contributed by atoms with Crippen molar-refractivity contribution >= 4 is 28.4 Å². The Balaban J connectivity index is 1.39. The third-order valence-electron chi connectivity index (χ3n) is 6.47. The SMILES string of the molecule is CC(=O)NCc1ccc2c(-c3cc(Cl)cc4c3OC(c3onc5c3CNCC5)C4)ccnc2c1. The van der Waals surface area contributed by atoms with Crippen LogP contribution in [-0.4, -0.2) is 22.6 Å². The molecule has 172 valence electrons. The van der Waals surface area contributed by atoms with E-state index in [0.717, 1.165) is 75.4 Å². The first kappa shape index (κ1) is 21.1. The van der Waals surface area contributed by atoms with Crippen molar-refractivity contribution in [3.05, 3.63) is 75.8 Å². The van der Waals surface area contributed by atoms with Crippen LogP contribution in [0.5, 0.6) is 5.75 Å². The Kier molecular flexibility index (Phi) is 5.23. The van der Waals surface area contributed by atoms with Crippen LogP contribution in [0.15, 0.2) is 47.1 Å². The smallest absolute Gasteiger partial charge is 0.217 e. The van der Waals surface area contributed by atoms with Gasteiger partial charge in [-0.2, -0.15) is 0 Å². The number of pyridine rings is 1. The fourth-order valence-electron chi connectivity index (χ4n) is 4.85. The van der Waals surface area contributed by atoms with Crippen molar-refractivity contribution in [1.29, 1.82) is 0 Å². The Morgan fingerprint density at radius 2 is 2.15 bits per heavy atom. The molecule has 1 unspecified atom stereocenters. The fraction of sp³-hybridized carbons (Fsp3) is 0.269. The highest BCUT2D eigenvalue weighted by molar-refractivity contribution is 6.31. The summed E-state index contributed by atoms with van der Waals surface area (Å²) in [6, 6.07) is 11.9. The summed E-state index contributed by atoms with van der Waals surface area (Å²) in [5, 5.41) is 12.2. The van der Waals surface area contributed by atoms with Crippen molar-refractivity contribution < 1.29 is 14.1 Å². The summed E-state index contributed by atoms with van der Waals surface area (Å²) in [4.78, 5) is 15.8. The maximum absolute atomic E-state index is 11.3. The molecule has 4 heterocycles. The lowest BCUT2D eigenvalue weighted by Crippen LogP contribution is -2.24. The van der Waals surface area contributed by atoms with Gasteiger partial charge in [-0.3, -0.25) is 9.78 Å². The number of ether oxygens (including phenoxy) is 1. The summed E-state index contributed by atoms with van der Waals surface area (Å²) < 4.78 is 12.3. The molecule has 8 heteroatoms. The maximum atomic E-state index is 11.3. The zero-order valence-electron chi connectivity index (χ0n) is 18.7. The van der Waals surface area contributed by atoms with Gasteiger partial charge in [0.1, 0.15) is 5.75 Å². The second-order valence-corrected chi connectivity index (χ2v) is 9.21. The molecule has 2 aromatic heterocycles. The van der Waals surface area contributed by atoms with E-state index in [0.29, 0.717) is 18.0 Å².